The molecule has 0 aliphatic carbocycles. The van der Waals surface area contributed by atoms with E-state index < -0.39 is 5.63 Å². The quantitative estimate of drug-likeness (QED) is 0.785. The van der Waals surface area contributed by atoms with Gasteiger partial charge >= 0.3 is 5.63 Å². The molecule has 0 fully saturated rings. The van der Waals surface area contributed by atoms with Gasteiger partial charge in [0.05, 0.1) is 10.6 Å². The molecule has 0 saturated heterocycles. The highest BCUT2D eigenvalue weighted by Gasteiger charge is 2.04. The van der Waals surface area contributed by atoms with Gasteiger partial charge in [0.1, 0.15) is 11.5 Å². The lowest BCUT2D eigenvalue weighted by atomic mass is 10.2. The predicted molar refractivity (Wildman–Crippen MR) is 76.8 cm³/mol. The van der Waals surface area contributed by atoms with Crippen molar-refractivity contribution < 1.29 is 8.94 Å². The minimum Gasteiger partial charge on any atom is -0.457 e. The number of nitrogens with one attached hydrogen (secondary N) is 1. The van der Waals surface area contributed by atoms with E-state index in [1.807, 2.05) is 18.2 Å². The van der Waals surface area contributed by atoms with Gasteiger partial charge in [0.25, 0.3) is 0 Å². The third-order valence-corrected chi connectivity index (χ3v) is 3.11. The molecule has 0 spiro atoms. The summed E-state index contributed by atoms with van der Waals surface area (Å²) in [6.07, 6.45) is 1.59. The fourth-order valence-electron chi connectivity index (χ4n) is 1.83. The molecule has 0 atom stereocenters. The van der Waals surface area contributed by atoms with Crippen LogP contribution < -0.4 is 16.2 Å². The number of halogens is 1. The van der Waals surface area contributed by atoms with Gasteiger partial charge in [0.2, 0.25) is 0 Å². The Labute approximate surface area is 118 Å². The number of rotatable bonds is 2. The Morgan fingerprint density at radius 1 is 1.15 bits per heavy atom. The van der Waals surface area contributed by atoms with Crippen LogP contribution >= 0.6 is 11.6 Å². The van der Waals surface area contributed by atoms with Gasteiger partial charge in [-0.2, -0.15) is 0 Å². The van der Waals surface area contributed by atoms with Crippen LogP contribution in [0.4, 0.5) is 0 Å². The van der Waals surface area contributed by atoms with E-state index in [0.29, 0.717) is 27.1 Å². The molecule has 0 aliphatic heterocycles. The first-order valence-corrected chi connectivity index (χ1v) is 6.25. The number of H-pyrrole nitrogens is 1. The van der Waals surface area contributed by atoms with E-state index >= 15 is 0 Å². The van der Waals surface area contributed by atoms with Crippen LogP contribution in [0.3, 0.4) is 0 Å². The summed E-state index contributed by atoms with van der Waals surface area (Å²) in [6, 6.07) is 10.9. The van der Waals surface area contributed by atoms with Gasteiger partial charge < -0.3 is 8.94 Å². The fourth-order valence-corrected chi connectivity index (χ4v) is 1.96. The number of benzene rings is 1. The van der Waals surface area contributed by atoms with Crippen molar-refractivity contribution in [2.75, 3.05) is 0 Å². The largest absolute Gasteiger partial charge is 0.457 e. The number of aromatic amines is 1. The van der Waals surface area contributed by atoms with Gasteiger partial charge in [-0.05, 0) is 42.5 Å². The summed E-state index contributed by atoms with van der Waals surface area (Å²) in [5.41, 5.74) is 0.435. The van der Waals surface area contributed by atoms with Gasteiger partial charge in [-0.3, -0.25) is 0 Å². The van der Waals surface area contributed by atoms with E-state index in [1.165, 1.54) is 0 Å². The molecule has 0 saturated carbocycles. The van der Waals surface area contributed by atoms with Crippen LogP contribution in [0.1, 0.15) is 5.76 Å². The van der Waals surface area contributed by atoms with Crippen LogP contribution in [0.15, 0.2) is 50.1 Å². The summed E-state index contributed by atoms with van der Waals surface area (Å²) >= 11 is 5.84. The Morgan fingerprint density at radius 3 is 2.55 bits per heavy atom. The maximum absolute atomic E-state index is 11.4. The summed E-state index contributed by atoms with van der Waals surface area (Å²) < 4.78 is 10.3. The zero-order valence-corrected chi connectivity index (χ0v) is 11.1. The van der Waals surface area contributed by atoms with Gasteiger partial charge in [0.15, 0.2) is 0 Å². The lowest BCUT2D eigenvalue weighted by Crippen LogP contribution is -2.31. The Balaban J connectivity index is 2.03. The average molecular weight is 288 g/mol. The minimum absolute atomic E-state index is 0.349. The van der Waals surface area contributed by atoms with Gasteiger partial charge in [-0.25, -0.2) is 9.95 Å². The van der Waals surface area contributed by atoms with E-state index in [-0.39, 0.29) is 0 Å². The predicted octanol–water partition coefficient (Wildman–Crippen LogP) is 2.12. The molecule has 1 aromatic carbocycles. The zero-order chi connectivity index (χ0) is 14.1. The third-order valence-electron chi connectivity index (χ3n) is 2.85. The molecule has 20 heavy (non-hydrogen) atoms. The molecule has 3 aromatic rings. The smallest absolute Gasteiger partial charge is 0.365 e. The molecule has 0 bridgehead atoms. The second kappa shape index (κ2) is 4.90. The van der Waals surface area contributed by atoms with Crippen molar-refractivity contribution in [3.63, 3.8) is 0 Å². The van der Waals surface area contributed by atoms with Crippen LogP contribution in [0.2, 0.25) is 5.02 Å². The highest BCUT2D eigenvalue weighted by molar-refractivity contribution is 6.30. The Hall–Kier alpha value is -2.46. The maximum atomic E-state index is 11.4. The summed E-state index contributed by atoms with van der Waals surface area (Å²) in [5, 5.41) is 3.85. The topological polar surface area (TPSA) is 59.1 Å². The number of aromatic nitrogens is 1. The van der Waals surface area contributed by atoms with Crippen molar-refractivity contribution >= 4 is 24.3 Å². The molecular formula is C15H10ClNO3. The first kappa shape index (κ1) is 12.6. The molecule has 0 unspecified atom stereocenters. The first-order chi connectivity index (χ1) is 9.63. The molecular weight excluding hydrogens is 278 g/mol. The number of hydrogen-bond donors (Lipinski definition) is 1. The van der Waals surface area contributed by atoms with Crippen molar-refractivity contribution in [3.05, 3.63) is 68.2 Å². The summed E-state index contributed by atoms with van der Waals surface area (Å²) in [7, 11) is 0. The number of hydrogen-bond acceptors (Lipinski definition) is 3. The van der Waals surface area contributed by atoms with Crippen LogP contribution in [0.5, 0.6) is 0 Å². The van der Waals surface area contributed by atoms with Gasteiger partial charge in [0, 0.05) is 10.6 Å². The maximum Gasteiger partial charge on any atom is 0.365 e. The minimum atomic E-state index is -0.473. The fraction of sp³-hybridized carbons (Fsp3) is 0. The average Bonchev–Trinajstić information content (AvgIpc) is 3.02. The Bertz CT molecular complexity index is 869. The van der Waals surface area contributed by atoms with Crippen LogP contribution in [0, 0.1) is 0 Å². The second-order valence-electron chi connectivity index (χ2n) is 4.24. The first-order valence-electron chi connectivity index (χ1n) is 5.87. The molecule has 4 nitrogen and oxygen atoms in total. The van der Waals surface area contributed by atoms with E-state index in [1.54, 1.807) is 24.3 Å². The van der Waals surface area contributed by atoms with E-state index in [4.69, 9.17) is 16.0 Å². The molecule has 100 valence electrons. The van der Waals surface area contributed by atoms with E-state index in [2.05, 4.69) is 16.3 Å². The molecule has 2 aromatic heterocycles. The van der Waals surface area contributed by atoms with Crippen molar-refractivity contribution in [3.8, 4) is 11.3 Å². The monoisotopic (exact) mass is 287 g/mol. The zero-order valence-electron chi connectivity index (χ0n) is 10.4. The lowest BCUT2D eigenvalue weighted by Gasteiger charge is -1.96. The normalized spacial score (nSPS) is 11.9. The molecule has 2 heterocycles. The molecule has 0 aliphatic rings. The summed E-state index contributed by atoms with van der Waals surface area (Å²) in [5.74, 6) is 1.24. The highest BCUT2D eigenvalue weighted by Crippen LogP contribution is 2.23. The van der Waals surface area contributed by atoms with Crippen molar-refractivity contribution in [2.45, 2.75) is 0 Å². The van der Waals surface area contributed by atoms with E-state index in [0.717, 1.165) is 5.56 Å². The van der Waals surface area contributed by atoms with Gasteiger partial charge in [-0.15, -0.1) is 0 Å². The lowest BCUT2D eigenvalue weighted by molar-refractivity contribution is 0.386. The highest BCUT2D eigenvalue weighted by atomic mass is 35.5. The molecule has 5 heteroatoms. The van der Waals surface area contributed by atoms with Crippen LogP contribution in [-0.4, -0.2) is 5.16 Å². The van der Waals surface area contributed by atoms with Crippen molar-refractivity contribution in [1.29, 1.82) is 0 Å². The molecule has 0 radical (unpaired) electrons. The SMILES string of the molecule is C=c1[nH]oc(=O)/c1=C\c1ccc(-c2ccc(Cl)cc2)o1. The van der Waals surface area contributed by atoms with Crippen LogP contribution in [-0.2, 0) is 0 Å². The number of furan rings is 1. The van der Waals surface area contributed by atoms with Crippen molar-refractivity contribution in [1.82, 2.24) is 5.16 Å². The summed E-state index contributed by atoms with van der Waals surface area (Å²) in [6.45, 7) is 3.68. The third kappa shape index (κ3) is 2.33. The Kier molecular flexibility index (Phi) is 3.08. The van der Waals surface area contributed by atoms with Crippen LogP contribution in [0.25, 0.3) is 24.0 Å². The van der Waals surface area contributed by atoms with Gasteiger partial charge in [-0.1, -0.05) is 18.2 Å². The molecule has 1 N–H and O–H groups in total. The standard InChI is InChI=1S/C15H10ClNO3/c1-9-13(15(18)20-17-9)8-12-6-7-14(19-12)10-2-4-11(16)5-3-10/h2-8,17H,1H2/b13-8-. The molecule has 0 amide bonds. The second-order valence-corrected chi connectivity index (χ2v) is 4.67. The molecule has 3 rings (SSSR count). The van der Waals surface area contributed by atoms with E-state index in [9.17, 15) is 4.79 Å². The van der Waals surface area contributed by atoms with Crippen molar-refractivity contribution in [2.24, 2.45) is 0 Å². The Morgan fingerprint density at radius 2 is 1.90 bits per heavy atom. The summed E-state index contributed by atoms with van der Waals surface area (Å²) in [4.78, 5) is 11.4.